The molecule has 0 aliphatic carbocycles. The molecule has 1 aromatic rings. The normalized spacial score (nSPS) is 9.58. The molecule has 0 amide bonds. The van der Waals surface area contributed by atoms with Gasteiger partial charge in [-0.3, -0.25) is 0 Å². The van der Waals surface area contributed by atoms with Crippen LogP contribution in [-0.4, -0.2) is 6.01 Å². The van der Waals surface area contributed by atoms with Gasteiger partial charge in [-0.1, -0.05) is 32.0 Å². The molecule has 2 heteroatoms. The minimum absolute atomic E-state index is 0.443. The summed E-state index contributed by atoms with van der Waals surface area (Å²) in [6.45, 7) is 4.22. The Balaban J connectivity index is 3.17. The maximum Gasteiger partial charge on any atom is 0.0918 e. The highest BCUT2D eigenvalue weighted by atomic mass is 14.7. The summed E-state index contributed by atoms with van der Waals surface area (Å²) in [7, 11) is 0. The molecular formula is C10H12N2. The van der Waals surface area contributed by atoms with E-state index < -0.39 is 0 Å². The quantitative estimate of drug-likeness (QED) is 0.645. The van der Waals surface area contributed by atoms with Gasteiger partial charge in [-0.25, -0.2) is 5.41 Å². The molecule has 0 heterocycles. The summed E-state index contributed by atoms with van der Waals surface area (Å²) in [5, 5.41) is 6.76. The molecule has 62 valence electrons. The van der Waals surface area contributed by atoms with Crippen molar-refractivity contribution in [3.8, 4) is 0 Å². The molecule has 0 fully saturated rings. The van der Waals surface area contributed by atoms with Crippen LogP contribution >= 0.6 is 0 Å². The van der Waals surface area contributed by atoms with E-state index in [1.165, 1.54) is 0 Å². The summed E-state index contributed by atoms with van der Waals surface area (Å²) in [6.07, 6.45) is 0. The van der Waals surface area contributed by atoms with E-state index in [9.17, 15) is 0 Å². The lowest BCUT2D eigenvalue weighted by Crippen LogP contribution is -1.86. The first-order chi connectivity index (χ1) is 5.75. The monoisotopic (exact) mass is 160 g/mol. The van der Waals surface area contributed by atoms with Crippen LogP contribution in [0.15, 0.2) is 29.3 Å². The first-order valence-electron chi connectivity index (χ1n) is 3.97. The van der Waals surface area contributed by atoms with Crippen molar-refractivity contribution >= 4 is 11.7 Å². The van der Waals surface area contributed by atoms with Gasteiger partial charge in [-0.05, 0) is 17.5 Å². The van der Waals surface area contributed by atoms with Crippen LogP contribution in [0.25, 0.3) is 0 Å². The summed E-state index contributed by atoms with van der Waals surface area (Å²) in [4.78, 5) is 3.84. The lowest BCUT2D eigenvalue weighted by Gasteiger charge is -2.06. The van der Waals surface area contributed by atoms with Crippen LogP contribution in [0.4, 0.5) is 5.69 Å². The van der Waals surface area contributed by atoms with Crippen molar-refractivity contribution in [2.24, 2.45) is 4.99 Å². The number of nitrogens with zero attached hydrogens (tertiary/aromatic N) is 1. The fourth-order valence-electron chi connectivity index (χ4n) is 1.14. The molecule has 1 aromatic carbocycles. The molecule has 0 atom stereocenters. The highest BCUT2D eigenvalue weighted by Gasteiger charge is 2.02. The van der Waals surface area contributed by atoms with Crippen molar-refractivity contribution in [3.63, 3.8) is 0 Å². The van der Waals surface area contributed by atoms with Crippen molar-refractivity contribution in [3.05, 3.63) is 29.8 Å². The molecule has 0 aliphatic heterocycles. The molecule has 1 rings (SSSR count). The van der Waals surface area contributed by atoms with Gasteiger partial charge in [-0.15, -0.1) is 0 Å². The van der Waals surface area contributed by atoms with Gasteiger partial charge in [0.1, 0.15) is 0 Å². The highest BCUT2D eigenvalue weighted by Crippen LogP contribution is 2.25. The van der Waals surface area contributed by atoms with Crippen molar-refractivity contribution in [2.45, 2.75) is 19.8 Å². The van der Waals surface area contributed by atoms with Crippen LogP contribution in [0.2, 0.25) is 0 Å². The average Bonchev–Trinajstić information content (AvgIpc) is 2.05. The number of nitrogens with one attached hydrogen (secondary N) is 1. The molecule has 0 aromatic heterocycles. The highest BCUT2D eigenvalue weighted by molar-refractivity contribution is 5.55. The second kappa shape index (κ2) is 3.84. The van der Waals surface area contributed by atoms with Gasteiger partial charge in [0.25, 0.3) is 0 Å². The number of hydrogen-bond donors (Lipinski definition) is 1. The van der Waals surface area contributed by atoms with E-state index in [2.05, 4.69) is 24.8 Å². The Kier molecular flexibility index (Phi) is 2.78. The fraction of sp³-hybridized carbons (Fsp3) is 0.300. The molecule has 0 spiro atoms. The Morgan fingerprint density at radius 2 is 2.00 bits per heavy atom. The predicted molar refractivity (Wildman–Crippen MR) is 50.3 cm³/mol. The predicted octanol–water partition coefficient (Wildman–Crippen LogP) is 3.19. The minimum atomic E-state index is 0.443. The summed E-state index contributed by atoms with van der Waals surface area (Å²) in [6, 6.07) is 9.89. The van der Waals surface area contributed by atoms with Gasteiger partial charge < -0.3 is 0 Å². The first kappa shape index (κ1) is 8.69. The Labute approximate surface area is 72.5 Å². The minimum Gasteiger partial charge on any atom is -0.241 e. The summed E-state index contributed by atoms with van der Waals surface area (Å²) in [5.74, 6) is 0.443. The number of para-hydroxylation sites is 1. The molecule has 0 bridgehead atoms. The first-order valence-corrected chi connectivity index (χ1v) is 3.97. The SMILES string of the molecule is CC(C)c1ccccc1N=C=N. The van der Waals surface area contributed by atoms with E-state index in [1.807, 2.05) is 24.3 Å². The number of benzene rings is 1. The van der Waals surface area contributed by atoms with Crippen LogP contribution in [0.5, 0.6) is 0 Å². The molecule has 0 aliphatic rings. The zero-order chi connectivity index (χ0) is 8.97. The van der Waals surface area contributed by atoms with Crippen molar-refractivity contribution in [1.82, 2.24) is 0 Å². The third-order valence-electron chi connectivity index (χ3n) is 1.74. The van der Waals surface area contributed by atoms with Crippen LogP contribution in [-0.2, 0) is 0 Å². The van der Waals surface area contributed by atoms with E-state index in [0.29, 0.717) is 5.92 Å². The smallest absolute Gasteiger partial charge is 0.0918 e. The zero-order valence-electron chi connectivity index (χ0n) is 7.33. The fourth-order valence-corrected chi connectivity index (χ4v) is 1.14. The Morgan fingerprint density at radius 3 is 2.58 bits per heavy atom. The van der Waals surface area contributed by atoms with E-state index in [-0.39, 0.29) is 0 Å². The van der Waals surface area contributed by atoms with E-state index in [0.717, 1.165) is 11.3 Å². The van der Waals surface area contributed by atoms with E-state index in [4.69, 9.17) is 5.41 Å². The van der Waals surface area contributed by atoms with E-state index in [1.54, 1.807) is 0 Å². The van der Waals surface area contributed by atoms with Gasteiger partial charge in [-0.2, -0.15) is 4.99 Å². The standard InChI is InChI=1S/C10H12N2/c1-8(2)9-5-3-4-6-10(9)12-7-11/h3-6,8,11H,1-2H3. The molecule has 12 heavy (non-hydrogen) atoms. The van der Waals surface area contributed by atoms with Gasteiger partial charge in [0, 0.05) is 0 Å². The lowest BCUT2D eigenvalue weighted by atomic mass is 10.0. The Bertz CT molecular complexity index is 309. The number of rotatable bonds is 2. The van der Waals surface area contributed by atoms with Crippen LogP contribution in [0.3, 0.4) is 0 Å². The maximum atomic E-state index is 6.76. The molecule has 0 unspecified atom stereocenters. The van der Waals surface area contributed by atoms with Crippen LogP contribution < -0.4 is 0 Å². The largest absolute Gasteiger partial charge is 0.241 e. The zero-order valence-corrected chi connectivity index (χ0v) is 7.33. The van der Waals surface area contributed by atoms with Gasteiger partial charge >= 0.3 is 0 Å². The molecule has 1 N–H and O–H groups in total. The average molecular weight is 160 g/mol. The maximum absolute atomic E-state index is 6.76. The molecule has 0 radical (unpaired) electrons. The van der Waals surface area contributed by atoms with Crippen molar-refractivity contribution in [2.75, 3.05) is 0 Å². The van der Waals surface area contributed by atoms with Gasteiger partial charge in [0.2, 0.25) is 0 Å². The third kappa shape index (κ3) is 1.80. The summed E-state index contributed by atoms with van der Waals surface area (Å²) in [5.41, 5.74) is 2.01. The molecule has 0 saturated carbocycles. The third-order valence-corrected chi connectivity index (χ3v) is 1.74. The summed E-state index contributed by atoms with van der Waals surface area (Å²) >= 11 is 0. The van der Waals surface area contributed by atoms with Crippen molar-refractivity contribution < 1.29 is 0 Å². The second-order valence-corrected chi connectivity index (χ2v) is 2.94. The Hall–Kier alpha value is -1.40. The summed E-state index contributed by atoms with van der Waals surface area (Å²) < 4.78 is 0. The lowest BCUT2D eigenvalue weighted by molar-refractivity contribution is 0.867. The molecule has 2 nitrogen and oxygen atoms in total. The van der Waals surface area contributed by atoms with Gasteiger partial charge in [0.15, 0.2) is 0 Å². The topological polar surface area (TPSA) is 36.2 Å². The van der Waals surface area contributed by atoms with Crippen LogP contribution in [0.1, 0.15) is 25.3 Å². The van der Waals surface area contributed by atoms with Crippen LogP contribution in [0, 0.1) is 5.41 Å². The van der Waals surface area contributed by atoms with E-state index >= 15 is 0 Å². The second-order valence-electron chi connectivity index (χ2n) is 2.94. The molecular weight excluding hydrogens is 148 g/mol. The number of aliphatic imine (C=N–C) groups is 1. The van der Waals surface area contributed by atoms with Crippen molar-refractivity contribution in [1.29, 1.82) is 5.41 Å². The Morgan fingerprint density at radius 1 is 1.33 bits per heavy atom. The molecule has 0 saturated heterocycles. The van der Waals surface area contributed by atoms with Gasteiger partial charge in [0.05, 0.1) is 11.7 Å². The number of hydrogen-bond acceptors (Lipinski definition) is 2.